The van der Waals surface area contributed by atoms with Crippen molar-refractivity contribution >= 4 is 5.91 Å². The summed E-state index contributed by atoms with van der Waals surface area (Å²) in [7, 11) is 1.86. The molecule has 0 saturated heterocycles. The molecule has 0 aromatic carbocycles. The summed E-state index contributed by atoms with van der Waals surface area (Å²) in [6.45, 7) is 0.796. The van der Waals surface area contributed by atoms with E-state index in [1.54, 1.807) is 10.9 Å². The van der Waals surface area contributed by atoms with Crippen LogP contribution in [-0.4, -0.2) is 41.7 Å². The summed E-state index contributed by atoms with van der Waals surface area (Å²) in [6, 6.07) is -0.164. The Balaban J connectivity index is 1.56. The van der Waals surface area contributed by atoms with Gasteiger partial charge in [0.1, 0.15) is 5.82 Å². The Bertz CT molecular complexity index is 761. The van der Waals surface area contributed by atoms with Crippen LogP contribution in [0.15, 0.2) is 12.4 Å². The van der Waals surface area contributed by atoms with Gasteiger partial charge in [0.15, 0.2) is 0 Å². The summed E-state index contributed by atoms with van der Waals surface area (Å²) in [6.07, 6.45) is 8.98. The van der Waals surface area contributed by atoms with Crippen molar-refractivity contribution in [1.29, 1.82) is 0 Å². The fourth-order valence-corrected chi connectivity index (χ4v) is 3.83. The van der Waals surface area contributed by atoms with Crippen molar-refractivity contribution in [1.82, 2.24) is 29.9 Å². The first-order valence-corrected chi connectivity index (χ1v) is 9.01. The van der Waals surface area contributed by atoms with Crippen LogP contribution in [-0.2, 0) is 20.0 Å². The van der Waals surface area contributed by atoms with Crippen LogP contribution < -0.4 is 5.32 Å². The number of nitrogens with zero attached hydrogens (tertiary/aromatic N) is 5. The van der Waals surface area contributed by atoms with Gasteiger partial charge in [0.25, 0.3) is 5.91 Å². The summed E-state index contributed by atoms with van der Waals surface area (Å²) < 4.78 is 3.69. The van der Waals surface area contributed by atoms with Crippen molar-refractivity contribution in [2.24, 2.45) is 13.0 Å². The van der Waals surface area contributed by atoms with Crippen LogP contribution in [0.3, 0.4) is 0 Å². The SMILES string of the molecule is Cn1cc(C(NC(=O)c2nnc3n2CCCCC3)C2CC(O)C2)cn1. The molecule has 1 amide bonds. The molecular formula is C17H24N6O2. The topological polar surface area (TPSA) is 97.9 Å². The van der Waals surface area contributed by atoms with Crippen LogP contribution >= 0.6 is 0 Å². The minimum absolute atomic E-state index is 0.164. The summed E-state index contributed by atoms with van der Waals surface area (Å²) in [5.41, 5.74) is 0.961. The first-order chi connectivity index (χ1) is 12.1. The molecule has 8 heteroatoms. The fraction of sp³-hybridized carbons (Fsp3) is 0.647. The highest BCUT2D eigenvalue weighted by atomic mass is 16.3. The summed E-state index contributed by atoms with van der Waals surface area (Å²) in [4.78, 5) is 12.9. The molecule has 2 N–H and O–H groups in total. The molecule has 3 heterocycles. The normalized spacial score (nSPS) is 24.1. The maximum atomic E-state index is 12.9. The predicted octanol–water partition coefficient (Wildman–Crippen LogP) is 0.980. The molecular weight excluding hydrogens is 320 g/mol. The van der Waals surface area contributed by atoms with Crippen LogP contribution in [0.5, 0.6) is 0 Å². The Morgan fingerprint density at radius 1 is 1.32 bits per heavy atom. The third-order valence-electron chi connectivity index (χ3n) is 5.30. The molecule has 1 aliphatic carbocycles. The molecule has 0 spiro atoms. The maximum absolute atomic E-state index is 12.9. The van der Waals surface area contributed by atoms with Gasteiger partial charge in [-0.2, -0.15) is 5.10 Å². The van der Waals surface area contributed by atoms with E-state index < -0.39 is 0 Å². The minimum Gasteiger partial charge on any atom is -0.393 e. The van der Waals surface area contributed by atoms with Crippen molar-refractivity contribution in [2.75, 3.05) is 0 Å². The molecule has 4 rings (SSSR count). The van der Waals surface area contributed by atoms with Gasteiger partial charge in [0.2, 0.25) is 5.82 Å². The monoisotopic (exact) mass is 344 g/mol. The molecule has 1 saturated carbocycles. The van der Waals surface area contributed by atoms with Crippen molar-refractivity contribution < 1.29 is 9.90 Å². The van der Waals surface area contributed by atoms with E-state index in [9.17, 15) is 9.90 Å². The largest absolute Gasteiger partial charge is 0.393 e. The standard InChI is InChI=1S/C17H24N6O2/c1-22-10-12(9-18-22)15(11-7-13(24)8-11)19-17(25)16-21-20-14-5-3-2-4-6-23(14)16/h9-11,13,15,24H,2-8H2,1H3,(H,19,25). The molecule has 1 atom stereocenters. The molecule has 0 radical (unpaired) electrons. The van der Waals surface area contributed by atoms with Crippen LogP contribution in [0.1, 0.15) is 60.2 Å². The Morgan fingerprint density at radius 2 is 2.16 bits per heavy atom. The number of hydrogen-bond acceptors (Lipinski definition) is 5. The second-order valence-corrected chi connectivity index (χ2v) is 7.19. The van der Waals surface area contributed by atoms with E-state index in [4.69, 9.17) is 0 Å². The van der Waals surface area contributed by atoms with Crippen molar-refractivity contribution in [2.45, 2.75) is 57.2 Å². The van der Waals surface area contributed by atoms with Gasteiger partial charge in [-0.25, -0.2) is 0 Å². The molecule has 0 bridgehead atoms. The van der Waals surface area contributed by atoms with Crippen LogP contribution in [0, 0.1) is 5.92 Å². The molecule has 2 aromatic rings. The van der Waals surface area contributed by atoms with Gasteiger partial charge in [0, 0.05) is 31.8 Å². The molecule has 2 aliphatic rings. The number of carbonyl (C=O) groups is 1. The summed E-state index contributed by atoms with van der Waals surface area (Å²) in [5, 5.41) is 25.4. The second kappa shape index (κ2) is 6.59. The number of aliphatic hydroxyl groups excluding tert-OH is 1. The lowest BCUT2D eigenvalue weighted by molar-refractivity contribution is 0.0233. The van der Waals surface area contributed by atoms with Gasteiger partial charge in [0.05, 0.1) is 18.3 Å². The zero-order valence-electron chi connectivity index (χ0n) is 14.4. The van der Waals surface area contributed by atoms with E-state index in [1.165, 1.54) is 0 Å². The van der Waals surface area contributed by atoms with E-state index in [1.807, 2.05) is 17.8 Å². The molecule has 25 heavy (non-hydrogen) atoms. The van der Waals surface area contributed by atoms with Crippen LogP contribution in [0.4, 0.5) is 0 Å². The fourth-order valence-electron chi connectivity index (χ4n) is 3.83. The number of nitrogens with one attached hydrogen (secondary N) is 1. The highest BCUT2D eigenvalue weighted by Gasteiger charge is 2.37. The van der Waals surface area contributed by atoms with E-state index in [0.717, 1.165) is 43.6 Å². The van der Waals surface area contributed by atoms with Gasteiger partial charge in [-0.15, -0.1) is 10.2 Å². The average molecular weight is 344 g/mol. The van der Waals surface area contributed by atoms with E-state index >= 15 is 0 Å². The lowest BCUT2D eigenvalue weighted by Gasteiger charge is -2.37. The van der Waals surface area contributed by atoms with Crippen molar-refractivity contribution in [3.8, 4) is 0 Å². The first kappa shape index (κ1) is 16.3. The number of carbonyl (C=O) groups excluding carboxylic acids is 1. The molecule has 134 valence electrons. The Kier molecular flexibility index (Phi) is 4.29. The molecule has 2 aromatic heterocycles. The smallest absolute Gasteiger partial charge is 0.289 e. The summed E-state index contributed by atoms with van der Waals surface area (Å²) in [5.74, 6) is 1.32. The van der Waals surface area contributed by atoms with Gasteiger partial charge in [-0.1, -0.05) is 6.42 Å². The Morgan fingerprint density at radius 3 is 2.88 bits per heavy atom. The number of aliphatic hydroxyl groups is 1. The third kappa shape index (κ3) is 3.18. The van der Waals surface area contributed by atoms with E-state index in [2.05, 4.69) is 20.6 Å². The second-order valence-electron chi connectivity index (χ2n) is 7.19. The molecule has 1 aliphatic heterocycles. The zero-order chi connectivity index (χ0) is 17.4. The minimum atomic E-state index is -0.273. The maximum Gasteiger partial charge on any atom is 0.289 e. The number of rotatable bonds is 4. The van der Waals surface area contributed by atoms with Crippen molar-refractivity contribution in [3.63, 3.8) is 0 Å². The summed E-state index contributed by atoms with van der Waals surface area (Å²) >= 11 is 0. The number of hydrogen-bond donors (Lipinski definition) is 2. The van der Waals surface area contributed by atoms with Gasteiger partial charge >= 0.3 is 0 Å². The highest BCUT2D eigenvalue weighted by Crippen LogP contribution is 2.38. The Labute approximate surface area is 146 Å². The number of amides is 1. The predicted molar refractivity (Wildman–Crippen MR) is 89.7 cm³/mol. The first-order valence-electron chi connectivity index (χ1n) is 9.01. The van der Waals surface area contributed by atoms with Crippen molar-refractivity contribution in [3.05, 3.63) is 29.6 Å². The average Bonchev–Trinajstić information content (AvgIpc) is 3.10. The Hall–Kier alpha value is -2.22. The van der Waals surface area contributed by atoms with Gasteiger partial charge in [-0.05, 0) is 31.6 Å². The molecule has 1 unspecified atom stereocenters. The van der Waals surface area contributed by atoms with Gasteiger partial charge in [-0.3, -0.25) is 9.48 Å². The number of aryl methyl sites for hydroxylation is 2. The number of aromatic nitrogens is 5. The van der Waals surface area contributed by atoms with Crippen LogP contribution in [0.2, 0.25) is 0 Å². The highest BCUT2D eigenvalue weighted by molar-refractivity contribution is 5.91. The lowest BCUT2D eigenvalue weighted by Crippen LogP contribution is -2.42. The number of fused-ring (bicyclic) bond motifs is 1. The quantitative estimate of drug-likeness (QED) is 0.862. The lowest BCUT2D eigenvalue weighted by atomic mass is 9.75. The van der Waals surface area contributed by atoms with E-state index in [0.29, 0.717) is 18.7 Å². The third-order valence-corrected chi connectivity index (χ3v) is 5.30. The zero-order valence-corrected chi connectivity index (χ0v) is 14.4. The molecule has 8 nitrogen and oxygen atoms in total. The van der Waals surface area contributed by atoms with E-state index in [-0.39, 0.29) is 24.0 Å². The van der Waals surface area contributed by atoms with Gasteiger partial charge < -0.3 is 15.0 Å². The molecule has 1 fully saturated rings. The van der Waals surface area contributed by atoms with Crippen LogP contribution in [0.25, 0.3) is 0 Å².